The second-order valence-electron chi connectivity index (χ2n) is 5.42. The number of nitrogens with one attached hydrogen (secondary N) is 2. The maximum absolute atomic E-state index is 5.90. The van der Waals surface area contributed by atoms with E-state index < -0.39 is 0 Å². The fraction of sp³-hybridized carbons (Fsp3) is 0.412. The van der Waals surface area contributed by atoms with Crippen LogP contribution < -0.4 is 15.4 Å². The highest BCUT2D eigenvalue weighted by molar-refractivity contribution is 14.0. The SMILES string of the molecule is CN=C(NCc1ncc(C)s1)NCC(C)Oc1cccc(C)c1.I. The van der Waals surface area contributed by atoms with Gasteiger partial charge in [0, 0.05) is 18.1 Å². The molecule has 1 unspecified atom stereocenters. The number of hydrogen-bond donors (Lipinski definition) is 2. The maximum atomic E-state index is 5.90. The molecule has 0 aliphatic rings. The van der Waals surface area contributed by atoms with Crippen LogP contribution in [0.2, 0.25) is 0 Å². The molecule has 0 aliphatic carbocycles. The van der Waals surface area contributed by atoms with E-state index in [0.29, 0.717) is 13.1 Å². The van der Waals surface area contributed by atoms with Crippen molar-refractivity contribution in [3.8, 4) is 5.75 Å². The topological polar surface area (TPSA) is 58.5 Å². The number of aryl methyl sites for hydroxylation is 2. The van der Waals surface area contributed by atoms with Gasteiger partial charge < -0.3 is 15.4 Å². The number of nitrogens with zero attached hydrogens (tertiary/aromatic N) is 2. The number of benzene rings is 1. The highest BCUT2D eigenvalue weighted by Gasteiger charge is 2.06. The number of halogens is 1. The smallest absolute Gasteiger partial charge is 0.191 e. The highest BCUT2D eigenvalue weighted by Crippen LogP contribution is 2.14. The van der Waals surface area contributed by atoms with E-state index in [0.717, 1.165) is 16.7 Å². The fourth-order valence-electron chi connectivity index (χ4n) is 2.07. The summed E-state index contributed by atoms with van der Waals surface area (Å²) in [5.74, 6) is 1.64. The van der Waals surface area contributed by atoms with Crippen LogP contribution in [0, 0.1) is 13.8 Å². The van der Waals surface area contributed by atoms with E-state index in [-0.39, 0.29) is 30.1 Å². The quantitative estimate of drug-likeness (QED) is 0.394. The maximum Gasteiger partial charge on any atom is 0.191 e. The van der Waals surface area contributed by atoms with Gasteiger partial charge in [0.1, 0.15) is 16.9 Å². The van der Waals surface area contributed by atoms with Crippen LogP contribution in [0.3, 0.4) is 0 Å². The molecule has 0 spiro atoms. The van der Waals surface area contributed by atoms with E-state index in [9.17, 15) is 0 Å². The zero-order valence-electron chi connectivity index (χ0n) is 14.5. The van der Waals surface area contributed by atoms with Crippen molar-refractivity contribution in [2.45, 2.75) is 33.4 Å². The van der Waals surface area contributed by atoms with Crippen molar-refractivity contribution in [1.82, 2.24) is 15.6 Å². The molecule has 2 aromatic rings. The van der Waals surface area contributed by atoms with Crippen molar-refractivity contribution in [3.63, 3.8) is 0 Å². The molecule has 1 atom stereocenters. The monoisotopic (exact) mass is 460 g/mol. The van der Waals surface area contributed by atoms with Crippen LogP contribution in [0.15, 0.2) is 35.5 Å². The van der Waals surface area contributed by atoms with E-state index in [1.54, 1.807) is 18.4 Å². The summed E-state index contributed by atoms with van der Waals surface area (Å²) in [5.41, 5.74) is 1.19. The lowest BCUT2D eigenvalue weighted by atomic mass is 10.2. The Bertz CT molecular complexity index is 660. The summed E-state index contributed by atoms with van der Waals surface area (Å²) in [6.45, 7) is 7.49. The van der Waals surface area contributed by atoms with Crippen molar-refractivity contribution in [3.05, 3.63) is 45.9 Å². The molecule has 0 bridgehead atoms. The van der Waals surface area contributed by atoms with Gasteiger partial charge in [-0.1, -0.05) is 12.1 Å². The van der Waals surface area contributed by atoms with E-state index in [2.05, 4.69) is 40.5 Å². The molecular weight excluding hydrogens is 435 g/mol. The van der Waals surface area contributed by atoms with Gasteiger partial charge in [0.2, 0.25) is 0 Å². The first-order valence-electron chi connectivity index (χ1n) is 7.66. The summed E-state index contributed by atoms with van der Waals surface area (Å²) in [4.78, 5) is 9.76. The van der Waals surface area contributed by atoms with Gasteiger partial charge in [-0.05, 0) is 38.5 Å². The fourth-order valence-corrected chi connectivity index (χ4v) is 2.79. The largest absolute Gasteiger partial charge is 0.489 e. The van der Waals surface area contributed by atoms with Gasteiger partial charge in [-0.25, -0.2) is 4.98 Å². The average Bonchev–Trinajstić information content (AvgIpc) is 2.93. The molecule has 0 aliphatic heterocycles. The summed E-state index contributed by atoms with van der Waals surface area (Å²) in [6, 6.07) is 8.07. The van der Waals surface area contributed by atoms with Crippen LogP contribution in [0.4, 0.5) is 0 Å². The van der Waals surface area contributed by atoms with Gasteiger partial charge in [-0.2, -0.15) is 0 Å². The molecule has 1 heterocycles. The predicted molar refractivity (Wildman–Crippen MR) is 112 cm³/mol. The van der Waals surface area contributed by atoms with E-state index in [4.69, 9.17) is 4.74 Å². The lowest BCUT2D eigenvalue weighted by molar-refractivity contribution is 0.223. The summed E-state index contributed by atoms with van der Waals surface area (Å²) in [6.07, 6.45) is 1.92. The lowest BCUT2D eigenvalue weighted by Crippen LogP contribution is -2.41. The van der Waals surface area contributed by atoms with Crippen molar-refractivity contribution in [2.75, 3.05) is 13.6 Å². The van der Waals surface area contributed by atoms with Gasteiger partial charge in [-0.15, -0.1) is 35.3 Å². The number of ether oxygens (including phenoxy) is 1. The molecule has 132 valence electrons. The van der Waals surface area contributed by atoms with Crippen molar-refractivity contribution in [2.24, 2.45) is 4.99 Å². The van der Waals surface area contributed by atoms with Crippen LogP contribution in [0.5, 0.6) is 5.75 Å². The van der Waals surface area contributed by atoms with Crippen LogP contribution in [-0.4, -0.2) is 30.6 Å². The van der Waals surface area contributed by atoms with E-state index in [1.807, 2.05) is 31.3 Å². The minimum atomic E-state index is 0. The lowest BCUT2D eigenvalue weighted by Gasteiger charge is -2.17. The number of guanidine groups is 1. The molecule has 0 radical (unpaired) electrons. The Hall–Kier alpha value is -1.35. The van der Waals surface area contributed by atoms with Crippen LogP contribution >= 0.6 is 35.3 Å². The third-order valence-electron chi connectivity index (χ3n) is 3.18. The molecule has 24 heavy (non-hydrogen) atoms. The predicted octanol–water partition coefficient (Wildman–Crippen LogP) is 3.51. The standard InChI is InChI=1S/C17H24N4OS.HI/c1-12-6-5-7-15(8-12)22-13(2)9-20-17(18-4)21-11-16-19-10-14(3)23-16;/h5-8,10,13H,9,11H2,1-4H3,(H2,18,20,21);1H. The third-order valence-corrected chi connectivity index (χ3v) is 4.10. The number of aromatic nitrogens is 1. The Morgan fingerprint density at radius 2 is 2.12 bits per heavy atom. The normalized spacial score (nSPS) is 12.2. The average molecular weight is 460 g/mol. The second kappa shape index (κ2) is 10.5. The zero-order chi connectivity index (χ0) is 16.7. The first kappa shape index (κ1) is 20.7. The van der Waals surface area contributed by atoms with Gasteiger partial charge in [-0.3, -0.25) is 4.99 Å². The van der Waals surface area contributed by atoms with Gasteiger partial charge in [0.05, 0.1) is 13.1 Å². The van der Waals surface area contributed by atoms with Crippen LogP contribution in [0.1, 0.15) is 22.4 Å². The summed E-state index contributed by atoms with van der Waals surface area (Å²) in [5, 5.41) is 7.58. The van der Waals surface area contributed by atoms with Crippen molar-refractivity contribution < 1.29 is 4.74 Å². The molecule has 2 rings (SSSR count). The Labute approximate surface area is 165 Å². The number of thiazole rings is 1. The summed E-state index contributed by atoms with van der Waals surface area (Å²) in [7, 11) is 1.76. The highest BCUT2D eigenvalue weighted by atomic mass is 127. The Kier molecular flexibility index (Phi) is 9.05. The number of hydrogen-bond acceptors (Lipinski definition) is 4. The van der Waals surface area contributed by atoms with E-state index >= 15 is 0 Å². The minimum Gasteiger partial charge on any atom is -0.489 e. The Morgan fingerprint density at radius 3 is 2.75 bits per heavy atom. The van der Waals surface area contributed by atoms with Gasteiger partial charge >= 0.3 is 0 Å². The number of rotatable bonds is 6. The molecule has 1 aromatic carbocycles. The van der Waals surface area contributed by atoms with Crippen LogP contribution in [-0.2, 0) is 6.54 Å². The van der Waals surface area contributed by atoms with Crippen LogP contribution in [0.25, 0.3) is 0 Å². The molecule has 0 saturated carbocycles. The molecule has 7 heteroatoms. The Morgan fingerprint density at radius 1 is 1.33 bits per heavy atom. The Balaban J connectivity index is 0.00000288. The van der Waals surface area contributed by atoms with Crippen molar-refractivity contribution in [1.29, 1.82) is 0 Å². The zero-order valence-corrected chi connectivity index (χ0v) is 17.6. The summed E-state index contributed by atoms with van der Waals surface area (Å²) < 4.78 is 5.90. The molecule has 0 saturated heterocycles. The first-order valence-corrected chi connectivity index (χ1v) is 8.47. The first-order chi connectivity index (χ1) is 11.1. The summed E-state index contributed by atoms with van der Waals surface area (Å²) >= 11 is 1.69. The minimum absolute atomic E-state index is 0. The third kappa shape index (κ3) is 7.04. The molecule has 0 amide bonds. The van der Waals surface area contributed by atoms with Gasteiger partial charge in [0.15, 0.2) is 5.96 Å². The molecule has 5 nitrogen and oxygen atoms in total. The number of aliphatic imine (C=N–C) groups is 1. The molecule has 2 N–H and O–H groups in total. The van der Waals surface area contributed by atoms with Gasteiger partial charge in [0.25, 0.3) is 0 Å². The molecule has 0 fully saturated rings. The second-order valence-corrected chi connectivity index (χ2v) is 6.74. The molecular formula is C17H25IN4OS. The van der Waals surface area contributed by atoms with Crippen molar-refractivity contribution >= 4 is 41.3 Å². The molecule has 1 aromatic heterocycles. The van der Waals surface area contributed by atoms with E-state index in [1.165, 1.54) is 10.4 Å².